The molecule has 0 aliphatic heterocycles. The van der Waals surface area contributed by atoms with Crippen molar-refractivity contribution >= 4 is 31.3 Å². The minimum atomic E-state index is -3.62. The largest absolute Gasteiger partial charge is 0.220 e. The SMILES string of the molecule is Cc1ccc(S(=O)(=O)C(Br)=C=C(c2ccccc2)C(C)(C)C)cc1. The first kappa shape index (κ1) is 18.7. The fourth-order valence-electron chi connectivity index (χ4n) is 2.28. The van der Waals surface area contributed by atoms with E-state index < -0.39 is 9.84 Å². The van der Waals surface area contributed by atoms with Crippen molar-refractivity contribution in [2.75, 3.05) is 0 Å². The Hall–Kier alpha value is -1.61. The molecular weight excluding hydrogens is 384 g/mol. The number of allylic oxidation sites excluding steroid dienone is 1. The van der Waals surface area contributed by atoms with E-state index >= 15 is 0 Å². The average molecular weight is 405 g/mol. The van der Waals surface area contributed by atoms with Crippen LogP contribution in [0.4, 0.5) is 0 Å². The molecule has 0 radical (unpaired) electrons. The second-order valence-electron chi connectivity index (χ2n) is 6.71. The van der Waals surface area contributed by atoms with E-state index in [1.807, 2.05) is 58.0 Å². The Morgan fingerprint density at radius 1 is 0.958 bits per heavy atom. The number of hydrogen-bond acceptors (Lipinski definition) is 2. The summed E-state index contributed by atoms with van der Waals surface area (Å²) in [6.07, 6.45) is 0. The molecule has 0 bridgehead atoms. The highest BCUT2D eigenvalue weighted by atomic mass is 79.9. The maximum Gasteiger partial charge on any atom is 0.220 e. The molecule has 2 nitrogen and oxygen atoms in total. The minimum Gasteiger partial charge on any atom is -0.217 e. The lowest BCUT2D eigenvalue weighted by atomic mass is 9.83. The van der Waals surface area contributed by atoms with Crippen molar-refractivity contribution in [1.82, 2.24) is 0 Å². The van der Waals surface area contributed by atoms with Gasteiger partial charge in [0, 0.05) is 5.57 Å². The van der Waals surface area contributed by atoms with Crippen molar-refractivity contribution in [2.24, 2.45) is 5.41 Å². The van der Waals surface area contributed by atoms with E-state index in [-0.39, 0.29) is 14.1 Å². The zero-order chi connectivity index (χ0) is 18.0. The normalized spacial score (nSPS) is 11.7. The summed E-state index contributed by atoms with van der Waals surface area (Å²) in [4.78, 5) is 0.258. The van der Waals surface area contributed by atoms with Crippen LogP contribution in [0, 0.1) is 12.3 Å². The molecular formula is C20H21BrO2S. The number of halogens is 1. The number of rotatable bonds is 3. The van der Waals surface area contributed by atoms with Gasteiger partial charge in [-0.2, -0.15) is 0 Å². The van der Waals surface area contributed by atoms with Crippen LogP contribution >= 0.6 is 15.9 Å². The van der Waals surface area contributed by atoms with E-state index in [4.69, 9.17) is 0 Å². The molecule has 0 aromatic heterocycles. The molecule has 24 heavy (non-hydrogen) atoms. The third-order valence-corrected chi connectivity index (χ3v) is 6.55. The molecule has 0 aliphatic rings. The molecule has 0 fully saturated rings. The van der Waals surface area contributed by atoms with Gasteiger partial charge in [-0.05, 0) is 46.0 Å². The van der Waals surface area contributed by atoms with Gasteiger partial charge in [-0.25, -0.2) is 8.42 Å². The van der Waals surface area contributed by atoms with Gasteiger partial charge in [0.05, 0.1) is 4.90 Å². The van der Waals surface area contributed by atoms with Gasteiger partial charge in [0.15, 0.2) is 3.81 Å². The molecule has 0 atom stereocenters. The Kier molecular flexibility index (Phi) is 5.54. The molecule has 0 heterocycles. The molecule has 0 aliphatic carbocycles. The van der Waals surface area contributed by atoms with E-state index in [2.05, 4.69) is 21.7 Å². The lowest BCUT2D eigenvalue weighted by Crippen LogP contribution is -2.08. The summed E-state index contributed by atoms with van der Waals surface area (Å²) in [7, 11) is -3.62. The summed E-state index contributed by atoms with van der Waals surface area (Å²) in [6, 6.07) is 16.6. The van der Waals surface area contributed by atoms with Crippen molar-refractivity contribution in [2.45, 2.75) is 32.6 Å². The lowest BCUT2D eigenvalue weighted by Gasteiger charge is -2.21. The minimum absolute atomic E-state index is 0.0487. The van der Waals surface area contributed by atoms with Crippen LogP contribution in [0.15, 0.2) is 69.0 Å². The predicted octanol–water partition coefficient (Wildman–Crippen LogP) is 5.73. The molecule has 0 unspecified atom stereocenters. The summed E-state index contributed by atoms with van der Waals surface area (Å²) in [5, 5.41) is 0. The van der Waals surface area contributed by atoms with Crippen LogP contribution in [0.2, 0.25) is 0 Å². The van der Waals surface area contributed by atoms with Crippen LogP contribution in [0.25, 0.3) is 5.57 Å². The summed E-state index contributed by atoms with van der Waals surface area (Å²) in [5.41, 5.74) is 5.66. The molecule has 0 saturated carbocycles. The highest BCUT2D eigenvalue weighted by Gasteiger charge is 2.22. The number of hydrogen-bond donors (Lipinski definition) is 0. The van der Waals surface area contributed by atoms with Gasteiger partial charge in [-0.3, -0.25) is 0 Å². The van der Waals surface area contributed by atoms with Gasteiger partial charge in [0.25, 0.3) is 0 Å². The van der Waals surface area contributed by atoms with Gasteiger partial charge in [0.2, 0.25) is 9.84 Å². The fraction of sp³-hybridized carbons (Fsp3) is 0.250. The topological polar surface area (TPSA) is 34.1 Å². The Labute approximate surface area is 153 Å². The molecule has 0 N–H and O–H groups in total. The summed E-state index contributed by atoms with van der Waals surface area (Å²) < 4.78 is 25.6. The fourth-order valence-corrected chi connectivity index (χ4v) is 3.98. The first-order chi connectivity index (χ1) is 11.1. The monoisotopic (exact) mass is 404 g/mol. The smallest absolute Gasteiger partial charge is 0.217 e. The van der Waals surface area contributed by atoms with E-state index in [9.17, 15) is 8.42 Å². The van der Waals surface area contributed by atoms with E-state index in [1.54, 1.807) is 24.3 Å². The molecule has 0 amide bonds. The average Bonchev–Trinajstić information content (AvgIpc) is 2.52. The highest BCUT2D eigenvalue weighted by Crippen LogP contribution is 2.35. The number of aryl methyl sites for hydroxylation is 1. The van der Waals surface area contributed by atoms with Crippen molar-refractivity contribution in [3.8, 4) is 0 Å². The van der Waals surface area contributed by atoms with Crippen LogP contribution in [0.5, 0.6) is 0 Å². The second-order valence-corrected chi connectivity index (χ2v) is 9.91. The zero-order valence-corrected chi connectivity index (χ0v) is 16.7. The molecule has 4 heteroatoms. The van der Waals surface area contributed by atoms with Gasteiger partial charge < -0.3 is 0 Å². The molecule has 126 valence electrons. The maximum atomic E-state index is 12.8. The molecule has 2 aromatic carbocycles. The Bertz CT molecular complexity index is 881. The Morgan fingerprint density at radius 2 is 1.50 bits per heavy atom. The molecule has 2 rings (SSSR count). The quantitative estimate of drug-likeness (QED) is 0.611. The van der Waals surface area contributed by atoms with Crippen LogP contribution in [0.1, 0.15) is 31.9 Å². The van der Waals surface area contributed by atoms with Crippen molar-refractivity contribution < 1.29 is 8.42 Å². The Balaban J connectivity index is 2.67. The third-order valence-electron chi connectivity index (χ3n) is 3.60. The van der Waals surface area contributed by atoms with E-state index in [1.165, 1.54) is 0 Å². The van der Waals surface area contributed by atoms with Crippen LogP contribution in [-0.2, 0) is 9.84 Å². The third kappa shape index (κ3) is 4.27. The first-order valence-electron chi connectivity index (χ1n) is 7.66. The van der Waals surface area contributed by atoms with Gasteiger partial charge in [-0.1, -0.05) is 74.5 Å². The van der Waals surface area contributed by atoms with Gasteiger partial charge in [0.1, 0.15) is 0 Å². The highest BCUT2D eigenvalue weighted by molar-refractivity contribution is 9.13. The number of sulfone groups is 1. The standard InChI is InChI=1S/C20H21BrO2S/c1-15-10-12-17(13-11-15)24(22,23)19(21)14-18(20(2,3)4)16-8-6-5-7-9-16/h5-13H,1-4H3. The maximum absolute atomic E-state index is 12.8. The van der Waals surface area contributed by atoms with Crippen molar-refractivity contribution in [1.29, 1.82) is 0 Å². The van der Waals surface area contributed by atoms with Crippen LogP contribution < -0.4 is 0 Å². The lowest BCUT2D eigenvalue weighted by molar-refractivity contribution is 0.567. The predicted molar refractivity (Wildman–Crippen MR) is 104 cm³/mol. The molecule has 0 spiro atoms. The van der Waals surface area contributed by atoms with Gasteiger partial charge in [-0.15, -0.1) is 0 Å². The zero-order valence-electron chi connectivity index (χ0n) is 14.3. The van der Waals surface area contributed by atoms with Crippen LogP contribution in [-0.4, -0.2) is 8.42 Å². The van der Waals surface area contributed by atoms with Crippen molar-refractivity contribution in [3.05, 3.63) is 75.3 Å². The Morgan fingerprint density at radius 3 is 2.00 bits per heavy atom. The second kappa shape index (κ2) is 7.10. The summed E-state index contributed by atoms with van der Waals surface area (Å²) in [6.45, 7) is 8.05. The van der Waals surface area contributed by atoms with E-state index in [0.717, 1.165) is 16.7 Å². The van der Waals surface area contributed by atoms with Crippen molar-refractivity contribution in [3.63, 3.8) is 0 Å². The number of benzene rings is 2. The molecule has 0 saturated heterocycles. The van der Waals surface area contributed by atoms with Crippen LogP contribution in [0.3, 0.4) is 0 Å². The summed E-state index contributed by atoms with van der Waals surface area (Å²) >= 11 is 3.24. The summed E-state index contributed by atoms with van der Waals surface area (Å²) in [5.74, 6) is 0. The van der Waals surface area contributed by atoms with Gasteiger partial charge >= 0.3 is 0 Å². The molecule has 2 aromatic rings. The van der Waals surface area contributed by atoms with E-state index in [0.29, 0.717) is 0 Å². The first-order valence-corrected chi connectivity index (χ1v) is 9.94.